The second-order valence-electron chi connectivity index (χ2n) is 7.22. The number of anilines is 2. The van der Waals surface area contributed by atoms with Gasteiger partial charge < -0.3 is 19.7 Å². The van der Waals surface area contributed by atoms with Crippen LogP contribution in [0.4, 0.5) is 11.4 Å². The van der Waals surface area contributed by atoms with Gasteiger partial charge in [0, 0.05) is 30.9 Å². The third-order valence-electron chi connectivity index (χ3n) is 4.77. The molecule has 29 heavy (non-hydrogen) atoms. The fourth-order valence-corrected chi connectivity index (χ4v) is 3.26. The van der Waals surface area contributed by atoms with Gasteiger partial charge in [-0.3, -0.25) is 9.59 Å². The van der Waals surface area contributed by atoms with E-state index < -0.39 is 5.97 Å². The Morgan fingerprint density at radius 1 is 1.07 bits per heavy atom. The summed E-state index contributed by atoms with van der Waals surface area (Å²) >= 11 is 0. The van der Waals surface area contributed by atoms with Gasteiger partial charge in [-0.05, 0) is 68.1 Å². The summed E-state index contributed by atoms with van der Waals surface area (Å²) in [6.07, 6.45) is 3.19. The minimum Gasteiger partial charge on any atom is -0.494 e. The van der Waals surface area contributed by atoms with E-state index in [1.54, 1.807) is 0 Å². The predicted molar refractivity (Wildman–Crippen MR) is 113 cm³/mol. The van der Waals surface area contributed by atoms with Crippen LogP contribution in [0.15, 0.2) is 48.5 Å². The van der Waals surface area contributed by atoms with E-state index in [2.05, 4.69) is 10.2 Å². The molecule has 0 unspecified atom stereocenters. The summed E-state index contributed by atoms with van der Waals surface area (Å²) < 4.78 is 10.6. The maximum atomic E-state index is 12.0. The number of nitrogens with zero attached hydrogens (tertiary/aromatic N) is 1. The molecule has 0 bridgehead atoms. The number of carbonyl (C=O) groups is 2. The van der Waals surface area contributed by atoms with Gasteiger partial charge in [0.05, 0.1) is 6.61 Å². The molecule has 1 fully saturated rings. The number of aryl methyl sites for hydroxylation is 1. The number of benzene rings is 2. The highest BCUT2D eigenvalue weighted by atomic mass is 16.5. The van der Waals surface area contributed by atoms with Gasteiger partial charge in [-0.25, -0.2) is 0 Å². The Morgan fingerprint density at radius 2 is 1.83 bits per heavy atom. The summed E-state index contributed by atoms with van der Waals surface area (Å²) in [6.45, 7) is 4.30. The van der Waals surface area contributed by atoms with Crippen molar-refractivity contribution in [2.75, 3.05) is 36.5 Å². The van der Waals surface area contributed by atoms with Crippen molar-refractivity contribution in [3.8, 4) is 5.75 Å². The predicted octanol–water partition coefficient (Wildman–Crippen LogP) is 3.94. The lowest BCUT2D eigenvalue weighted by atomic mass is 10.2. The standard InChI is InChI=1S/C23H28N2O4/c1-18-6-4-7-21(16-18)28-15-5-8-23(27)29-17-22(26)24-19-9-11-20(12-10-19)25-13-2-3-14-25/h4,6-7,9-12,16H,2-3,5,8,13-15,17H2,1H3,(H,24,26). The van der Waals surface area contributed by atoms with Gasteiger partial charge in [0.2, 0.25) is 0 Å². The second kappa shape index (κ2) is 10.5. The zero-order valence-corrected chi connectivity index (χ0v) is 16.9. The van der Waals surface area contributed by atoms with E-state index in [0.29, 0.717) is 18.7 Å². The largest absolute Gasteiger partial charge is 0.494 e. The highest BCUT2D eigenvalue weighted by molar-refractivity contribution is 5.92. The molecule has 6 heteroatoms. The average molecular weight is 396 g/mol. The molecular formula is C23H28N2O4. The van der Waals surface area contributed by atoms with Crippen LogP contribution in [0.5, 0.6) is 5.75 Å². The summed E-state index contributed by atoms with van der Waals surface area (Å²) in [5.74, 6) is 0.0363. The van der Waals surface area contributed by atoms with Crippen molar-refractivity contribution in [3.05, 3.63) is 54.1 Å². The molecule has 0 atom stereocenters. The van der Waals surface area contributed by atoms with Crippen LogP contribution in [0.2, 0.25) is 0 Å². The summed E-state index contributed by atoms with van der Waals surface area (Å²) in [7, 11) is 0. The van der Waals surface area contributed by atoms with Gasteiger partial charge in [0.1, 0.15) is 5.75 Å². The molecule has 0 saturated carbocycles. The smallest absolute Gasteiger partial charge is 0.306 e. The van der Waals surface area contributed by atoms with E-state index in [1.807, 2.05) is 55.5 Å². The number of carbonyl (C=O) groups excluding carboxylic acids is 2. The quantitative estimate of drug-likeness (QED) is 0.514. The molecule has 6 nitrogen and oxygen atoms in total. The Kier molecular flexibility index (Phi) is 7.50. The molecule has 1 saturated heterocycles. The Bertz CT molecular complexity index is 814. The van der Waals surface area contributed by atoms with Gasteiger partial charge in [-0.15, -0.1) is 0 Å². The maximum Gasteiger partial charge on any atom is 0.306 e. The molecule has 1 aliphatic rings. The van der Waals surface area contributed by atoms with Crippen molar-refractivity contribution in [1.29, 1.82) is 0 Å². The summed E-state index contributed by atoms with van der Waals surface area (Å²) in [6, 6.07) is 15.5. The summed E-state index contributed by atoms with van der Waals surface area (Å²) in [5, 5.41) is 2.75. The van der Waals surface area contributed by atoms with Gasteiger partial charge in [0.15, 0.2) is 6.61 Å². The van der Waals surface area contributed by atoms with E-state index in [-0.39, 0.29) is 18.9 Å². The monoisotopic (exact) mass is 396 g/mol. The van der Waals surface area contributed by atoms with E-state index in [4.69, 9.17) is 9.47 Å². The van der Waals surface area contributed by atoms with Crippen molar-refractivity contribution in [3.63, 3.8) is 0 Å². The van der Waals surface area contributed by atoms with Crippen molar-refractivity contribution in [2.24, 2.45) is 0 Å². The lowest BCUT2D eigenvalue weighted by molar-refractivity contribution is -0.147. The van der Waals surface area contributed by atoms with Gasteiger partial charge in [-0.2, -0.15) is 0 Å². The molecular weight excluding hydrogens is 368 g/mol. The first-order valence-electron chi connectivity index (χ1n) is 10.1. The highest BCUT2D eigenvalue weighted by Crippen LogP contribution is 2.22. The van der Waals surface area contributed by atoms with Crippen LogP contribution in [0, 0.1) is 6.92 Å². The molecule has 3 rings (SSSR count). The van der Waals surface area contributed by atoms with Crippen LogP contribution in [-0.2, 0) is 14.3 Å². The molecule has 2 aromatic rings. The molecule has 1 N–H and O–H groups in total. The van der Waals surface area contributed by atoms with E-state index >= 15 is 0 Å². The zero-order chi connectivity index (χ0) is 20.5. The van der Waals surface area contributed by atoms with Gasteiger partial charge in [-0.1, -0.05) is 12.1 Å². The molecule has 0 aromatic heterocycles. The first-order valence-corrected chi connectivity index (χ1v) is 10.1. The normalized spacial score (nSPS) is 13.2. The molecule has 0 aliphatic carbocycles. The van der Waals surface area contributed by atoms with Crippen molar-refractivity contribution in [1.82, 2.24) is 0 Å². The number of rotatable bonds is 9. The van der Waals surface area contributed by atoms with Crippen molar-refractivity contribution < 1.29 is 19.1 Å². The number of nitrogens with one attached hydrogen (secondary N) is 1. The minimum atomic E-state index is -0.405. The van der Waals surface area contributed by atoms with Crippen molar-refractivity contribution >= 4 is 23.3 Å². The molecule has 0 radical (unpaired) electrons. The van der Waals surface area contributed by atoms with Crippen LogP contribution in [0.25, 0.3) is 0 Å². The minimum absolute atomic E-state index is 0.212. The maximum absolute atomic E-state index is 12.0. The number of hydrogen-bond donors (Lipinski definition) is 1. The Balaban J connectivity index is 1.31. The molecule has 1 heterocycles. The lowest BCUT2D eigenvalue weighted by Crippen LogP contribution is -2.21. The summed E-state index contributed by atoms with van der Waals surface area (Å²) in [5.41, 5.74) is 2.99. The van der Waals surface area contributed by atoms with E-state index in [1.165, 1.54) is 18.5 Å². The summed E-state index contributed by atoms with van der Waals surface area (Å²) in [4.78, 5) is 26.1. The number of ether oxygens (including phenoxy) is 2. The molecule has 1 aliphatic heterocycles. The number of hydrogen-bond acceptors (Lipinski definition) is 5. The SMILES string of the molecule is Cc1cccc(OCCCC(=O)OCC(=O)Nc2ccc(N3CCCC3)cc2)c1. The third kappa shape index (κ3) is 6.82. The van der Waals surface area contributed by atoms with Crippen LogP contribution >= 0.6 is 0 Å². The fourth-order valence-electron chi connectivity index (χ4n) is 3.26. The van der Waals surface area contributed by atoms with Crippen LogP contribution in [0.3, 0.4) is 0 Å². The fraction of sp³-hybridized carbons (Fsp3) is 0.391. The second-order valence-corrected chi connectivity index (χ2v) is 7.22. The Hall–Kier alpha value is -3.02. The Morgan fingerprint density at radius 3 is 2.55 bits per heavy atom. The zero-order valence-electron chi connectivity index (χ0n) is 16.9. The molecule has 1 amide bonds. The third-order valence-corrected chi connectivity index (χ3v) is 4.77. The van der Waals surface area contributed by atoms with Crippen molar-refractivity contribution in [2.45, 2.75) is 32.6 Å². The Labute approximate surface area is 171 Å². The van der Waals surface area contributed by atoms with Crippen LogP contribution in [0.1, 0.15) is 31.2 Å². The topological polar surface area (TPSA) is 67.9 Å². The van der Waals surface area contributed by atoms with Crippen LogP contribution in [-0.4, -0.2) is 38.2 Å². The highest BCUT2D eigenvalue weighted by Gasteiger charge is 2.12. The first kappa shape index (κ1) is 20.7. The lowest BCUT2D eigenvalue weighted by Gasteiger charge is -2.17. The van der Waals surface area contributed by atoms with E-state index in [0.717, 1.165) is 24.4 Å². The first-order chi connectivity index (χ1) is 14.1. The average Bonchev–Trinajstić information content (AvgIpc) is 3.25. The van der Waals surface area contributed by atoms with Gasteiger partial charge >= 0.3 is 5.97 Å². The van der Waals surface area contributed by atoms with Crippen LogP contribution < -0.4 is 15.0 Å². The molecule has 0 spiro atoms. The van der Waals surface area contributed by atoms with E-state index in [9.17, 15) is 9.59 Å². The number of amides is 1. The van der Waals surface area contributed by atoms with Gasteiger partial charge in [0.25, 0.3) is 5.91 Å². The number of esters is 1. The molecule has 2 aromatic carbocycles. The molecule has 154 valence electrons.